The van der Waals surface area contributed by atoms with Crippen molar-refractivity contribution in [2.45, 2.75) is 45.3 Å². The Kier molecular flexibility index (Phi) is 4.68. The van der Waals surface area contributed by atoms with Crippen molar-refractivity contribution in [2.75, 3.05) is 6.61 Å². The highest BCUT2D eigenvalue weighted by Gasteiger charge is 2.24. The lowest BCUT2D eigenvalue weighted by Crippen LogP contribution is -2.20. The van der Waals surface area contributed by atoms with Gasteiger partial charge in [0.1, 0.15) is 17.6 Å². The molecule has 0 aliphatic carbocycles. The van der Waals surface area contributed by atoms with Gasteiger partial charge in [0.2, 0.25) is 0 Å². The predicted molar refractivity (Wildman–Crippen MR) is 98.6 cm³/mol. The minimum absolute atomic E-state index is 0.0186. The van der Waals surface area contributed by atoms with E-state index in [2.05, 4.69) is 16.5 Å². The Morgan fingerprint density at radius 2 is 2.00 bits per heavy atom. The summed E-state index contributed by atoms with van der Waals surface area (Å²) >= 11 is 6.47. The van der Waals surface area contributed by atoms with E-state index in [1.54, 1.807) is 0 Å². The van der Waals surface area contributed by atoms with Crippen LogP contribution in [0, 0.1) is 0 Å². The predicted octanol–water partition coefficient (Wildman–Crippen LogP) is 4.80. The monoisotopic (exact) mass is 356 g/mol. The molecule has 4 rings (SSSR count). The van der Waals surface area contributed by atoms with Crippen LogP contribution < -0.4 is 0 Å². The van der Waals surface area contributed by atoms with E-state index in [9.17, 15) is 0 Å². The molecule has 3 heterocycles. The minimum Gasteiger partial charge on any atom is -0.358 e. The molecule has 1 unspecified atom stereocenters. The fraction of sp³-hybridized carbons (Fsp3) is 0.421. The molecule has 0 radical (unpaired) electrons. The molecule has 1 fully saturated rings. The second-order valence-corrected chi connectivity index (χ2v) is 6.70. The van der Waals surface area contributed by atoms with E-state index >= 15 is 0 Å². The summed E-state index contributed by atoms with van der Waals surface area (Å²) < 4.78 is 8.16. The second kappa shape index (κ2) is 7.10. The summed E-state index contributed by atoms with van der Waals surface area (Å²) in [5, 5.41) is 0.399. The van der Waals surface area contributed by atoms with Crippen LogP contribution in [0.2, 0.25) is 5.15 Å². The number of aromatic nitrogens is 4. The number of hydrogen-bond donors (Lipinski definition) is 0. The van der Waals surface area contributed by atoms with Crippen LogP contribution in [-0.2, 0) is 11.2 Å². The highest BCUT2D eigenvalue weighted by Crippen LogP contribution is 2.31. The van der Waals surface area contributed by atoms with Gasteiger partial charge in [-0.3, -0.25) is 4.57 Å². The van der Waals surface area contributed by atoms with E-state index in [1.807, 2.05) is 30.3 Å². The van der Waals surface area contributed by atoms with Crippen LogP contribution in [0.25, 0.3) is 22.6 Å². The summed E-state index contributed by atoms with van der Waals surface area (Å²) in [4.78, 5) is 14.0. The smallest absolute Gasteiger partial charge is 0.167 e. The SMILES string of the molecule is CCCc1nc2c(Cl)nc(-c3ccccc3)nc2n1C1CCCCO1. The van der Waals surface area contributed by atoms with Gasteiger partial charge in [-0.05, 0) is 25.7 Å². The van der Waals surface area contributed by atoms with Gasteiger partial charge >= 0.3 is 0 Å². The van der Waals surface area contributed by atoms with Gasteiger partial charge in [0.25, 0.3) is 0 Å². The number of rotatable bonds is 4. The van der Waals surface area contributed by atoms with Crippen molar-refractivity contribution in [1.82, 2.24) is 19.5 Å². The number of hydrogen-bond acceptors (Lipinski definition) is 4. The molecule has 6 heteroatoms. The lowest BCUT2D eigenvalue weighted by molar-refractivity contribution is -0.0313. The largest absolute Gasteiger partial charge is 0.358 e. The van der Waals surface area contributed by atoms with Crippen LogP contribution >= 0.6 is 11.6 Å². The average Bonchev–Trinajstić information content (AvgIpc) is 3.02. The number of imidazole rings is 1. The molecule has 0 bridgehead atoms. The molecule has 130 valence electrons. The molecule has 1 atom stereocenters. The Morgan fingerprint density at radius 3 is 2.72 bits per heavy atom. The van der Waals surface area contributed by atoms with Gasteiger partial charge in [0.05, 0.1) is 0 Å². The molecule has 0 saturated carbocycles. The summed E-state index contributed by atoms with van der Waals surface area (Å²) in [6, 6.07) is 9.90. The third kappa shape index (κ3) is 3.14. The lowest BCUT2D eigenvalue weighted by Gasteiger charge is -2.25. The third-order valence-corrected chi connectivity index (χ3v) is 4.78. The summed E-state index contributed by atoms with van der Waals surface area (Å²) in [5.74, 6) is 1.60. The Labute approximate surface area is 152 Å². The number of nitrogens with zero attached hydrogens (tertiary/aromatic N) is 4. The molecule has 1 saturated heterocycles. The minimum atomic E-state index is -0.0186. The van der Waals surface area contributed by atoms with Gasteiger partial charge < -0.3 is 4.74 Å². The molecule has 3 aromatic rings. The number of aryl methyl sites for hydroxylation is 1. The zero-order chi connectivity index (χ0) is 17.2. The molecular weight excluding hydrogens is 336 g/mol. The average molecular weight is 357 g/mol. The van der Waals surface area contributed by atoms with E-state index in [4.69, 9.17) is 26.3 Å². The molecule has 1 aliphatic heterocycles. The first-order chi connectivity index (χ1) is 12.3. The zero-order valence-electron chi connectivity index (χ0n) is 14.3. The molecule has 1 aliphatic rings. The first kappa shape index (κ1) is 16.5. The summed E-state index contributed by atoms with van der Waals surface area (Å²) in [6.45, 7) is 2.92. The first-order valence-electron chi connectivity index (χ1n) is 8.89. The highest BCUT2D eigenvalue weighted by molar-refractivity contribution is 6.33. The summed E-state index contributed by atoms with van der Waals surface area (Å²) in [6.07, 6.45) is 5.09. The van der Waals surface area contributed by atoms with Gasteiger partial charge in [-0.15, -0.1) is 0 Å². The van der Waals surface area contributed by atoms with Crippen LogP contribution in [0.5, 0.6) is 0 Å². The van der Waals surface area contributed by atoms with Gasteiger partial charge in [-0.1, -0.05) is 48.9 Å². The van der Waals surface area contributed by atoms with Crippen molar-refractivity contribution in [3.05, 3.63) is 41.3 Å². The normalized spacial score (nSPS) is 17.9. The third-order valence-electron chi connectivity index (χ3n) is 4.52. The van der Waals surface area contributed by atoms with Gasteiger partial charge in [0.15, 0.2) is 16.6 Å². The van der Waals surface area contributed by atoms with Crippen molar-refractivity contribution in [3.8, 4) is 11.4 Å². The van der Waals surface area contributed by atoms with Crippen LogP contribution in [0.15, 0.2) is 30.3 Å². The van der Waals surface area contributed by atoms with Crippen molar-refractivity contribution >= 4 is 22.8 Å². The van der Waals surface area contributed by atoms with Gasteiger partial charge in [-0.2, -0.15) is 0 Å². The van der Waals surface area contributed by atoms with Crippen LogP contribution in [0.1, 0.15) is 44.7 Å². The lowest BCUT2D eigenvalue weighted by atomic mass is 10.2. The number of ether oxygens (including phenoxy) is 1. The van der Waals surface area contributed by atoms with E-state index in [0.717, 1.165) is 55.7 Å². The van der Waals surface area contributed by atoms with Gasteiger partial charge in [0, 0.05) is 18.6 Å². The molecule has 0 amide bonds. The van der Waals surface area contributed by atoms with Crippen molar-refractivity contribution in [1.29, 1.82) is 0 Å². The molecule has 0 N–H and O–H groups in total. The fourth-order valence-corrected chi connectivity index (χ4v) is 3.54. The van der Waals surface area contributed by atoms with Crippen LogP contribution in [-0.4, -0.2) is 26.1 Å². The Balaban J connectivity index is 1.90. The molecule has 2 aromatic heterocycles. The maximum absolute atomic E-state index is 6.47. The molecule has 5 nitrogen and oxygen atoms in total. The summed E-state index contributed by atoms with van der Waals surface area (Å²) in [7, 11) is 0. The van der Waals surface area contributed by atoms with E-state index in [1.165, 1.54) is 0 Å². The van der Waals surface area contributed by atoms with E-state index < -0.39 is 0 Å². The standard InChI is InChI=1S/C19H21ClN4O/c1-2-8-14-21-16-17(20)22-18(13-9-4-3-5-10-13)23-19(16)24(14)15-11-6-7-12-25-15/h3-5,9-10,15H,2,6-8,11-12H2,1H3. The second-order valence-electron chi connectivity index (χ2n) is 6.35. The number of halogens is 1. The maximum Gasteiger partial charge on any atom is 0.167 e. The topological polar surface area (TPSA) is 52.8 Å². The number of benzene rings is 1. The summed E-state index contributed by atoms with van der Waals surface area (Å²) in [5.41, 5.74) is 2.38. The van der Waals surface area contributed by atoms with E-state index in [-0.39, 0.29) is 6.23 Å². The van der Waals surface area contributed by atoms with Crippen LogP contribution in [0.4, 0.5) is 0 Å². The Morgan fingerprint density at radius 1 is 1.16 bits per heavy atom. The zero-order valence-corrected chi connectivity index (χ0v) is 15.0. The van der Waals surface area contributed by atoms with E-state index in [0.29, 0.717) is 16.5 Å². The fourth-order valence-electron chi connectivity index (χ4n) is 3.33. The quantitative estimate of drug-likeness (QED) is 0.630. The van der Waals surface area contributed by atoms with Crippen molar-refractivity contribution in [3.63, 3.8) is 0 Å². The van der Waals surface area contributed by atoms with Gasteiger partial charge in [-0.25, -0.2) is 15.0 Å². The highest BCUT2D eigenvalue weighted by atomic mass is 35.5. The molecule has 25 heavy (non-hydrogen) atoms. The Hall–Kier alpha value is -1.98. The van der Waals surface area contributed by atoms with Crippen LogP contribution in [0.3, 0.4) is 0 Å². The molecule has 0 spiro atoms. The Bertz CT molecular complexity index is 872. The maximum atomic E-state index is 6.47. The van der Waals surface area contributed by atoms with Crippen molar-refractivity contribution in [2.24, 2.45) is 0 Å². The van der Waals surface area contributed by atoms with Crippen molar-refractivity contribution < 1.29 is 4.74 Å². The first-order valence-corrected chi connectivity index (χ1v) is 9.27. The molecule has 1 aromatic carbocycles. The number of fused-ring (bicyclic) bond motifs is 1. The molecular formula is C19H21ClN4O.